The van der Waals surface area contributed by atoms with Crippen LogP contribution in [0.1, 0.15) is 69.4 Å². The van der Waals surface area contributed by atoms with Gasteiger partial charge in [-0.2, -0.15) is 0 Å². The molecule has 1 nitrogen and oxygen atoms in total. The van der Waals surface area contributed by atoms with Crippen molar-refractivity contribution in [1.82, 2.24) is 0 Å². The summed E-state index contributed by atoms with van der Waals surface area (Å²) in [5.41, 5.74) is 6.07. The van der Waals surface area contributed by atoms with E-state index < -0.39 is 0 Å². The van der Waals surface area contributed by atoms with Crippen LogP contribution in [0.2, 0.25) is 0 Å². The highest BCUT2D eigenvalue weighted by atomic mass is 16.3. The second-order valence-electron chi connectivity index (χ2n) is 8.50. The molecule has 0 aromatic heterocycles. The van der Waals surface area contributed by atoms with E-state index in [0.717, 1.165) is 11.1 Å². The van der Waals surface area contributed by atoms with Crippen molar-refractivity contribution in [2.45, 2.75) is 59.3 Å². The van der Waals surface area contributed by atoms with Gasteiger partial charge in [0.2, 0.25) is 0 Å². The lowest BCUT2D eigenvalue weighted by atomic mass is 9.82. The molecule has 1 N–H and O–H groups in total. The average molecular weight is 309 g/mol. The zero-order valence-electron chi connectivity index (χ0n) is 15.5. The van der Waals surface area contributed by atoms with Crippen LogP contribution in [0, 0.1) is 13.3 Å². The van der Waals surface area contributed by atoms with Crippen molar-refractivity contribution in [3.63, 3.8) is 0 Å². The zero-order chi connectivity index (χ0) is 17.4. The van der Waals surface area contributed by atoms with Crippen LogP contribution in [0.25, 0.3) is 0 Å². The molecule has 0 radical (unpaired) electrons. The normalized spacial score (nSPS) is 12.3. The molecule has 2 aromatic rings. The number of rotatable bonds is 2. The molecule has 0 unspecified atom stereocenters. The molecular formula is C22H29O-. The smallest absolute Gasteiger partial charge is 0.104 e. The van der Waals surface area contributed by atoms with Crippen molar-refractivity contribution in [2.75, 3.05) is 0 Å². The third-order valence-electron chi connectivity index (χ3n) is 4.23. The van der Waals surface area contributed by atoms with E-state index in [0.29, 0.717) is 5.75 Å². The summed E-state index contributed by atoms with van der Waals surface area (Å²) in [6, 6.07) is 12.5. The Morgan fingerprint density at radius 3 is 1.74 bits per heavy atom. The first-order valence-corrected chi connectivity index (χ1v) is 8.28. The van der Waals surface area contributed by atoms with E-state index in [1.54, 1.807) is 6.07 Å². The molecule has 2 aromatic carbocycles. The fourth-order valence-corrected chi connectivity index (χ4v) is 2.97. The van der Waals surface area contributed by atoms with Crippen LogP contribution in [-0.4, -0.2) is 5.11 Å². The SMILES string of the molecule is Cc1ccc([CH-]c2ccc(O)c(C(C)(C)C)c2)cc1C(C)(C)C. The maximum Gasteiger partial charge on any atom is 0.104 e. The van der Waals surface area contributed by atoms with Crippen LogP contribution in [-0.2, 0) is 10.8 Å². The Kier molecular flexibility index (Phi) is 4.52. The minimum Gasteiger partial charge on any atom is -0.509 e. The summed E-state index contributed by atoms with van der Waals surface area (Å²) in [4.78, 5) is 0. The Labute approximate surface area is 141 Å². The van der Waals surface area contributed by atoms with Gasteiger partial charge in [0.05, 0.1) is 0 Å². The average Bonchev–Trinajstić information content (AvgIpc) is 2.40. The third-order valence-corrected chi connectivity index (χ3v) is 4.23. The summed E-state index contributed by atoms with van der Waals surface area (Å²) in [6.45, 7) is 15.3. The molecule has 0 aliphatic rings. The maximum absolute atomic E-state index is 10.1. The van der Waals surface area contributed by atoms with Gasteiger partial charge in [-0.25, -0.2) is 0 Å². The number of hydrogen-bond acceptors (Lipinski definition) is 1. The van der Waals surface area contributed by atoms with E-state index >= 15 is 0 Å². The lowest BCUT2D eigenvalue weighted by Gasteiger charge is -2.26. The molecule has 0 saturated heterocycles. The van der Waals surface area contributed by atoms with Crippen LogP contribution < -0.4 is 0 Å². The van der Waals surface area contributed by atoms with Crippen LogP contribution in [0.5, 0.6) is 5.75 Å². The highest BCUT2D eigenvalue weighted by molar-refractivity contribution is 5.48. The minimum atomic E-state index is -0.0716. The van der Waals surface area contributed by atoms with E-state index in [-0.39, 0.29) is 10.8 Å². The summed E-state index contributed by atoms with van der Waals surface area (Å²) in [6.07, 6.45) is 2.18. The molecule has 0 amide bonds. The number of aromatic hydroxyl groups is 1. The lowest BCUT2D eigenvalue weighted by molar-refractivity contribution is 0.446. The Balaban J connectivity index is 2.37. The van der Waals surface area contributed by atoms with Gasteiger partial charge < -0.3 is 5.11 Å². The van der Waals surface area contributed by atoms with Crippen molar-refractivity contribution in [3.8, 4) is 5.75 Å². The topological polar surface area (TPSA) is 20.2 Å². The molecule has 0 bridgehead atoms. The molecule has 0 aliphatic carbocycles. The first-order chi connectivity index (χ1) is 10.5. The first-order valence-electron chi connectivity index (χ1n) is 8.28. The quantitative estimate of drug-likeness (QED) is 0.685. The Hall–Kier alpha value is -1.89. The predicted molar refractivity (Wildman–Crippen MR) is 99.2 cm³/mol. The standard InChI is InChI=1S/C22H29O/c1-15-8-9-16(13-18(15)21(2,3)4)12-17-10-11-20(23)19(14-17)22(5,6)7/h8-14,23H,1-7H3/q-1. The number of phenols is 1. The highest BCUT2D eigenvalue weighted by Gasteiger charge is 2.17. The van der Waals surface area contributed by atoms with E-state index in [1.807, 2.05) is 6.07 Å². The van der Waals surface area contributed by atoms with Crippen molar-refractivity contribution in [1.29, 1.82) is 0 Å². The molecule has 124 valence electrons. The molecule has 0 atom stereocenters. The van der Waals surface area contributed by atoms with Gasteiger partial charge in [-0.15, -0.1) is 41.8 Å². The van der Waals surface area contributed by atoms with Gasteiger partial charge in [-0.1, -0.05) is 64.8 Å². The first kappa shape index (κ1) is 17.5. The van der Waals surface area contributed by atoms with Gasteiger partial charge in [0.25, 0.3) is 0 Å². The Morgan fingerprint density at radius 1 is 0.739 bits per heavy atom. The molecule has 0 spiro atoms. The second kappa shape index (κ2) is 5.96. The Bertz CT molecular complexity index is 635. The molecule has 2 rings (SSSR count). The van der Waals surface area contributed by atoms with E-state index in [4.69, 9.17) is 0 Å². The molecule has 0 saturated carbocycles. The van der Waals surface area contributed by atoms with Gasteiger partial charge in [-0.05, 0) is 23.3 Å². The highest BCUT2D eigenvalue weighted by Crippen LogP contribution is 2.33. The van der Waals surface area contributed by atoms with Gasteiger partial charge in [0.15, 0.2) is 0 Å². The largest absolute Gasteiger partial charge is 0.509 e. The zero-order valence-corrected chi connectivity index (χ0v) is 15.5. The minimum absolute atomic E-state index is 0.0716. The fourth-order valence-electron chi connectivity index (χ4n) is 2.97. The van der Waals surface area contributed by atoms with E-state index in [9.17, 15) is 5.11 Å². The molecule has 0 heterocycles. The van der Waals surface area contributed by atoms with Gasteiger partial charge in [0, 0.05) is 0 Å². The molecule has 1 heteroatoms. The van der Waals surface area contributed by atoms with E-state index in [1.165, 1.54) is 16.7 Å². The summed E-state index contributed by atoms with van der Waals surface area (Å²) in [5.74, 6) is 0.369. The summed E-state index contributed by atoms with van der Waals surface area (Å²) in [7, 11) is 0. The van der Waals surface area contributed by atoms with Crippen LogP contribution in [0.4, 0.5) is 0 Å². The van der Waals surface area contributed by atoms with E-state index in [2.05, 4.69) is 79.2 Å². The molecular weight excluding hydrogens is 280 g/mol. The summed E-state index contributed by atoms with van der Waals surface area (Å²) in [5, 5.41) is 10.1. The molecule has 0 aliphatic heterocycles. The van der Waals surface area contributed by atoms with Gasteiger partial charge >= 0.3 is 0 Å². The number of benzene rings is 2. The summed E-state index contributed by atoms with van der Waals surface area (Å²) >= 11 is 0. The molecule has 23 heavy (non-hydrogen) atoms. The lowest BCUT2D eigenvalue weighted by Crippen LogP contribution is -2.13. The number of aryl methyl sites for hydroxylation is 1. The van der Waals surface area contributed by atoms with Crippen molar-refractivity contribution in [2.24, 2.45) is 0 Å². The molecule has 0 fully saturated rings. The fraction of sp³-hybridized carbons (Fsp3) is 0.409. The second-order valence-corrected chi connectivity index (χ2v) is 8.50. The van der Waals surface area contributed by atoms with Crippen LogP contribution >= 0.6 is 0 Å². The third kappa shape index (κ3) is 4.10. The van der Waals surface area contributed by atoms with Gasteiger partial charge in [-0.3, -0.25) is 0 Å². The maximum atomic E-state index is 10.1. The Morgan fingerprint density at radius 2 is 1.22 bits per heavy atom. The predicted octanol–water partition coefficient (Wildman–Crippen LogP) is 5.90. The summed E-state index contributed by atoms with van der Waals surface area (Å²) < 4.78 is 0. The number of phenolic OH excluding ortho intramolecular Hbond substituents is 1. The van der Waals surface area contributed by atoms with Gasteiger partial charge in [0.1, 0.15) is 5.75 Å². The van der Waals surface area contributed by atoms with Crippen molar-refractivity contribution < 1.29 is 5.11 Å². The van der Waals surface area contributed by atoms with Crippen LogP contribution in [0.3, 0.4) is 0 Å². The monoisotopic (exact) mass is 309 g/mol. The van der Waals surface area contributed by atoms with Crippen molar-refractivity contribution >= 4 is 0 Å². The van der Waals surface area contributed by atoms with Crippen molar-refractivity contribution in [3.05, 3.63) is 70.6 Å². The number of hydrogen-bond donors (Lipinski definition) is 1. The van der Waals surface area contributed by atoms with Crippen LogP contribution in [0.15, 0.2) is 36.4 Å².